The fourth-order valence-corrected chi connectivity index (χ4v) is 3.37. The van der Waals surface area contributed by atoms with Crippen LogP contribution in [0.3, 0.4) is 0 Å². The lowest BCUT2D eigenvalue weighted by atomic mass is 9.87. The number of unbranched alkanes of at least 4 members (excludes halogenated alkanes) is 2. The van der Waals surface area contributed by atoms with Gasteiger partial charge in [0.15, 0.2) is 0 Å². The van der Waals surface area contributed by atoms with Crippen molar-refractivity contribution in [3.05, 3.63) is 36.5 Å². The van der Waals surface area contributed by atoms with E-state index in [-0.39, 0.29) is 24.3 Å². The summed E-state index contributed by atoms with van der Waals surface area (Å²) in [6.45, 7) is 6.64. The first-order valence-corrected chi connectivity index (χ1v) is 9.31. The molecule has 6 heteroatoms. The van der Waals surface area contributed by atoms with Crippen LogP contribution in [0.4, 0.5) is 0 Å². The minimum atomic E-state index is -0.541. The third-order valence-electron chi connectivity index (χ3n) is 4.86. The number of pyridine rings is 1. The second-order valence-corrected chi connectivity index (χ2v) is 6.60. The SMILES string of the molecule is C=CCCCCC1CN([C@@H](CC(=O)OCC)c2ccc(OC)nc2)C1O. The number of esters is 1. The lowest BCUT2D eigenvalue weighted by Crippen LogP contribution is -2.57. The van der Waals surface area contributed by atoms with Crippen molar-refractivity contribution >= 4 is 5.97 Å². The topological polar surface area (TPSA) is 71.9 Å². The fourth-order valence-electron chi connectivity index (χ4n) is 3.37. The van der Waals surface area contributed by atoms with Gasteiger partial charge in [-0.3, -0.25) is 9.69 Å². The summed E-state index contributed by atoms with van der Waals surface area (Å²) in [5.41, 5.74) is 0.878. The zero-order chi connectivity index (χ0) is 18.9. The van der Waals surface area contributed by atoms with Crippen molar-refractivity contribution in [3.63, 3.8) is 0 Å². The van der Waals surface area contributed by atoms with Crippen LogP contribution in [0.15, 0.2) is 31.0 Å². The predicted molar refractivity (Wildman–Crippen MR) is 99.6 cm³/mol. The van der Waals surface area contributed by atoms with Crippen molar-refractivity contribution in [1.82, 2.24) is 9.88 Å². The molecular formula is C20H30N2O4. The normalized spacial score (nSPS) is 20.9. The van der Waals surface area contributed by atoms with E-state index < -0.39 is 6.23 Å². The van der Waals surface area contributed by atoms with Gasteiger partial charge in [0.1, 0.15) is 6.23 Å². The number of methoxy groups -OCH3 is 1. The van der Waals surface area contributed by atoms with Gasteiger partial charge in [-0.1, -0.05) is 18.6 Å². The number of nitrogens with zero attached hydrogens (tertiary/aromatic N) is 2. The van der Waals surface area contributed by atoms with Crippen molar-refractivity contribution in [2.24, 2.45) is 5.92 Å². The monoisotopic (exact) mass is 362 g/mol. The standard InChI is InChI=1S/C20H30N2O4/c1-4-6-7-8-9-16-14-22(20(16)24)17(12-19(23)26-5-2)15-10-11-18(25-3)21-13-15/h4,10-11,13,16-17,20,24H,1,5-9,12,14H2,2-3H3/t16?,17-,20?/m0/s1. The molecule has 0 saturated carbocycles. The molecule has 1 aromatic rings. The first kappa shape index (κ1) is 20.4. The lowest BCUT2D eigenvalue weighted by molar-refractivity contribution is -0.166. The van der Waals surface area contributed by atoms with E-state index in [9.17, 15) is 9.90 Å². The van der Waals surface area contributed by atoms with Gasteiger partial charge in [-0.05, 0) is 31.7 Å². The molecule has 0 spiro atoms. The summed E-state index contributed by atoms with van der Waals surface area (Å²) in [5, 5.41) is 10.6. The highest BCUT2D eigenvalue weighted by Gasteiger charge is 2.42. The van der Waals surface area contributed by atoms with E-state index in [1.807, 2.05) is 17.0 Å². The average molecular weight is 362 g/mol. The molecule has 1 N–H and O–H groups in total. The van der Waals surface area contributed by atoms with E-state index in [1.165, 1.54) is 0 Å². The predicted octanol–water partition coefficient (Wildman–Crippen LogP) is 3.08. The zero-order valence-corrected chi connectivity index (χ0v) is 15.8. The number of aromatic nitrogens is 1. The summed E-state index contributed by atoms with van der Waals surface area (Å²) in [5.74, 6) is 0.499. The van der Waals surface area contributed by atoms with Crippen LogP contribution >= 0.6 is 0 Å². The van der Waals surface area contributed by atoms with Gasteiger partial charge in [0.2, 0.25) is 5.88 Å². The van der Waals surface area contributed by atoms with E-state index in [1.54, 1.807) is 26.3 Å². The Labute approximate surface area is 155 Å². The summed E-state index contributed by atoms with van der Waals surface area (Å²) in [7, 11) is 1.56. The van der Waals surface area contributed by atoms with Gasteiger partial charge in [0, 0.05) is 30.8 Å². The minimum absolute atomic E-state index is 0.197. The van der Waals surface area contributed by atoms with Gasteiger partial charge >= 0.3 is 5.97 Å². The van der Waals surface area contributed by atoms with Gasteiger partial charge in [0.05, 0.1) is 20.1 Å². The van der Waals surface area contributed by atoms with Crippen LogP contribution < -0.4 is 4.74 Å². The second kappa shape index (κ2) is 10.3. The molecule has 1 aliphatic rings. The van der Waals surface area contributed by atoms with Gasteiger partial charge in [0.25, 0.3) is 0 Å². The highest BCUT2D eigenvalue weighted by Crippen LogP contribution is 2.37. The third kappa shape index (κ3) is 5.29. The molecule has 2 unspecified atom stereocenters. The first-order valence-electron chi connectivity index (χ1n) is 9.31. The van der Waals surface area contributed by atoms with Crippen LogP contribution in [0.2, 0.25) is 0 Å². The molecule has 0 amide bonds. The van der Waals surface area contributed by atoms with Crippen molar-refractivity contribution in [2.45, 2.75) is 51.3 Å². The number of carbonyl (C=O) groups excluding carboxylic acids is 1. The highest BCUT2D eigenvalue weighted by molar-refractivity contribution is 5.70. The van der Waals surface area contributed by atoms with E-state index in [2.05, 4.69) is 11.6 Å². The van der Waals surface area contributed by atoms with Gasteiger partial charge < -0.3 is 14.6 Å². The third-order valence-corrected chi connectivity index (χ3v) is 4.86. The quantitative estimate of drug-likeness (QED) is 0.370. The second-order valence-electron chi connectivity index (χ2n) is 6.60. The van der Waals surface area contributed by atoms with Crippen molar-refractivity contribution < 1.29 is 19.4 Å². The Morgan fingerprint density at radius 2 is 2.31 bits per heavy atom. The van der Waals surface area contributed by atoms with Gasteiger partial charge in [-0.2, -0.15) is 0 Å². The Hall–Kier alpha value is -1.92. The number of allylic oxidation sites excluding steroid dienone is 1. The Morgan fingerprint density at radius 3 is 2.88 bits per heavy atom. The number of aliphatic hydroxyl groups is 1. The zero-order valence-electron chi connectivity index (χ0n) is 15.8. The number of aliphatic hydroxyl groups excluding tert-OH is 1. The largest absolute Gasteiger partial charge is 0.481 e. The maximum atomic E-state index is 12.0. The Bertz CT molecular complexity index is 576. The maximum Gasteiger partial charge on any atom is 0.307 e. The molecule has 0 aliphatic carbocycles. The molecule has 0 aromatic carbocycles. The van der Waals surface area contributed by atoms with E-state index >= 15 is 0 Å². The van der Waals surface area contributed by atoms with Crippen LogP contribution in [-0.4, -0.2) is 47.4 Å². The van der Waals surface area contributed by atoms with E-state index in [0.717, 1.165) is 37.8 Å². The lowest BCUT2D eigenvalue weighted by Gasteiger charge is -2.49. The summed E-state index contributed by atoms with van der Waals surface area (Å²) in [4.78, 5) is 18.2. The molecule has 1 aromatic heterocycles. The van der Waals surface area contributed by atoms with Crippen molar-refractivity contribution in [2.75, 3.05) is 20.3 Å². The van der Waals surface area contributed by atoms with E-state index in [0.29, 0.717) is 12.5 Å². The number of rotatable bonds is 11. The highest BCUT2D eigenvalue weighted by atomic mass is 16.5. The fraction of sp³-hybridized carbons (Fsp3) is 0.600. The molecule has 144 valence electrons. The van der Waals surface area contributed by atoms with Gasteiger partial charge in [-0.15, -0.1) is 6.58 Å². The molecule has 2 heterocycles. The first-order chi connectivity index (χ1) is 12.6. The molecule has 0 radical (unpaired) electrons. The van der Waals surface area contributed by atoms with Crippen LogP contribution in [0.5, 0.6) is 5.88 Å². The molecule has 26 heavy (non-hydrogen) atoms. The van der Waals surface area contributed by atoms with E-state index in [4.69, 9.17) is 9.47 Å². The molecule has 1 aliphatic heterocycles. The molecule has 3 atom stereocenters. The molecule has 0 bridgehead atoms. The maximum absolute atomic E-state index is 12.0. The molecule has 1 fully saturated rings. The Kier molecular flexibility index (Phi) is 8.06. The minimum Gasteiger partial charge on any atom is -0.481 e. The molecular weight excluding hydrogens is 332 g/mol. The van der Waals surface area contributed by atoms with Crippen LogP contribution in [0.1, 0.15) is 50.6 Å². The summed E-state index contributed by atoms with van der Waals surface area (Å²) >= 11 is 0. The summed E-state index contributed by atoms with van der Waals surface area (Å²) in [6, 6.07) is 3.42. The summed E-state index contributed by atoms with van der Waals surface area (Å²) < 4.78 is 10.2. The number of hydrogen-bond donors (Lipinski definition) is 1. The number of ether oxygens (including phenoxy) is 2. The average Bonchev–Trinajstić information content (AvgIpc) is 2.65. The molecule has 1 saturated heterocycles. The van der Waals surface area contributed by atoms with Gasteiger partial charge in [-0.25, -0.2) is 4.98 Å². The smallest absolute Gasteiger partial charge is 0.307 e. The van der Waals surface area contributed by atoms with Crippen molar-refractivity contribution in [1.29, 1.82) is 0 Å². The van der Waals surface area contributed by atoms with Crippen molar-refractivity contribution in [3.8, 4) is 5.88 Å². The summed E-state index contributed by atoms with van der Waals surface area (Å²) in [6.07, 6.45) is 7.45. The van der Waals surface area contributed by atoms with Crippen LogP contribution in [-0.2, 0) is 9.53 Å². The molecule has 6 nitrogen and oxygen atoms in total. The number of likely N-dealkylation sites (tertiary alicyclic amines) is 1. The number of carbonyl (C=O) groups is 1. The van der Waals surface area contributed by atoms with Crippen LogP contribution in [0, 0.1) is 5.92 Å². The Balaban J connectivity index is 2.02. The van der Waals surface area contributed by atoms with Crippen LogP contribution in [0.25, 0.3) is 0 Å². The number of hydrogen-bond acceptors (Lipinski definition) is 6. The Morgan fingerprint density at radius 1 is 1.50 bits per heavy atom. The molecule has 2 rings (SSSR count).